The SMILES string of the molecule is C=CCNC(=O)C1(c2ccc(NS(=O)(=O)c3ccc4c(c3)CCCC4)cc2)CC1. The van der Waals surface area contributed by atoms with Gasteiger partial charge in [0.05, 0.1) is 10.3 Å². The van der Waals surface area contributed by atoms with Crippen molar-refractivity contribution in [2.24, 2.45) is 0 Å². The largest absolute Gasteiger partial charge is 0.352 e. The second-order valence-corrected chi connectivity index (χ2v) is 9.58. The molecule has 6 heteroatoms. The summed E-state index contributed by atoms with van der Waals surface area (Å²) in [7, 11) is -3.65. The molecule has 2 N–H and O–H groups in total. The highest BCUT2D eigenvalue weighted by atomic mass is 32.2. The highest BCUT2D eigenvalue weighted by Gasteiger charge is 2.50. The molecule has 1 amide bonds. The summed E-state index contributed by atoms with van der Waals surface area (Å²) in [5.41, 5.74) is 3.31. The van der Waals surface area contributed by atoms with Gasteiger partial charge >= 0.3 is 0 Å². The summed E-state index contributed by atoms with van der Waals surface area (Å²) < 4.78 is 28.3. The number of anilines is 1. The summed E-state index contributed by atoms with van der Waals surface area (Å²) in [6, 6.07) is 12.6. The molecule has 0 unspecified atom stereocenters. The van der Waals surface area contributed by atoms with Gasteiger partial charge < -0.3 is 5.32 Å². The molecule has 1 saturated carbocycles. The predicted octanol–water partition coefficient (Wildman–Crippen LogP) is 3.70. The van der Waals surface area contributed by atoms with Gasteiger partial charge in [0.25, 0.3) is 10.0 Å². The number of nitrogens with one attached hydrogen (secondary N) is 2. The molecule has 0 saturated heterocycles. The lowest BCUT2D eigenvalue weighted by Gasteiger charge is -2.18. The Bertz CT molecular complexity index is 1040. The zero-order valence-corrected chi connectivity index (χ0v) is 17.2. The molecule has 2 aromatic rings. The highest BCUT2D eigenvalue weighted by molar-refractivity contribution is 7.92. The quantitative estimate of drug-likeness (QED) is 0.684. The van der Waals surface area contributed by atoms with Gasteiger partial charge in [-0.25, -0.2) is 8.42 Å². The van der Waals surface area contributed by atoms with Crippen molar-refractivity contribution < 1.29 is 13.2 Å². The second-order valence-electron chi connectivity index (χ2n) is 7.90. The summed E-state index contributed by atoms with van der Waals surface area (Å²) in [5, 5.41) is 2.86. The number of amides is 1. The Labute approximate surface area is 172 Å². The molecule has 152 valence electrons. The number of fused-ring (bicyclic) bond motifs is 1. The van der Waals surface area contributed by atoms with Gasteiger partial charge in [0.1, 0.15) is 0 Å². The molecule has 0 spiro atoms. The van der Waals surface area contributed by atoms with Crippen LogP contribution in [0, 0.1) is 0 Å². The van der Waals surface area contributed by atoms with Gasteiger partial charge in [0.2, 0.25) is 5.91 Å². The molecule has 0 aliphatic heterocycles. The van der Waals surface area contributed by atoms with Crippen LogP contribution in [0.1, 0.15) is 42.4 Å². The summed E-state index contributed by atoms with van der Waals surface area (Å²) >= 11 is 0. The Morgan fingerprint density at radius 1 is 1.03 bits per heavy atom. The smallest absolute Gasteiger partial charge is 0.261 e. The molecule has 2 aromatic carbocycles. The molecule has 0 atom stereocenters. The number of rotatable bonds is 7. The van der Waals surface area contributed by atoms with Gasteiger partial charge in [-0.2, -0.15) is 0 Å². The van der Waals surface area contributed by atoms with Gasteiger partial charge in [-0.1, -0.05) is 24.3 Å². The van der Waals surface area contributed by atoms with E-state index in [9.17, 15) is 13.2 Å². The first kappa shape index (κ1) is 19.7. The van der Waals surface area contributed by atoms with E-state index in [0.717, 1.165) is 49.7 Å². The summed E-state index contributed by atoms with van der Waals surface area (Å²) in [6.07, 6.45) is 7.49. The maximum atomic E-state index is 12.8. The Kier molecular flexibility index (Phi) is 5.21. The topological polar surface area (TPSA) is 75.3 Å². The zero-order chi connectivity index (χ0) is 20.5. The third-order valence-corrected chi connectivity index (χ3v) is 7.29. The lowest BCUT2D eigenvalue weighted by molar-refractivity contribution is -0.123. The van der Waals surface area contributed by atoms with E-state index in [1.807, 2.05) is 18.2 Å². The normalized spacial score (nSPS) is 17.1. The monoisotopic (exact) mass is 410 g/mol. The number of carbonyl (C=O) groups is 1. The van der Waals surface area contributed by atoms with E-state index >= 15 is 0 Å². The number of carbonyl (C=O) groups excluding carboxylic acids is 1. The van der Waals surface area contributed by atoms with Crippen LogP contribution in [0.2, 0.25) is 0 Å². The van der Waals surface area contributed by atoms with Crippen molar-refractivity contribution in [2.45, 2.75) is 48.8 Å². The number of aryl methyl sites for hydroxylation is 2. The fraction of sp³-hybridized carbons (Fsp3) is 0.348. The Morgan fingerprint density at radius 2 is 1.72 bits per heavy atom. The molecular formula is C23H26N2O3S. The first-order valence-electron chi connectivity index (χ1n) is 10.1. The lowest BCUT2D eigenvalue weighted by Crippen LogP contribution is -2.34. The maximum absolute atomic E-state index is 12.8. The van der Waals surface area contributed by atoms with E-state index in [1.165, 1.54) is 5.56 Å². The van der Waals surface area contributed by atoms with Crippen LogP contribution in [-0.2, 0) is 33.1 Å². The Morgan fingerprint density at radius 3 is 2.38 bits per heavy atom. The van der Waals surface area contributed by atoms with Crippen molar-refractivity contribution in [1.82, 2.24) is 5.32 Å². The van der Waals surface area contributed by atoms with Crippen LogP contribution in [-0.4, -0.2) is 20.9 Å². The minimum Gasteiger partial charge on any atom is -0.352 e. The molecule has 0 bridgehead atoms. The third-order valence-electron chi connectivity index (χ3n) is 5.91. The van der Waals surface area contributed by atoms with E-state index in [1.54, 1.807) is 30.3 Å². The third kappa shape index (κ3) is 3.94. The van der Waals surface area contributed by atoms with E-state index in [4.69, 9.17) is 0 Å². The molecule has 2 aliphatic rings. The molecule has 0 aromatic heterocycles. The van der Waals surface area contributed by atoms with Crippen LogP contribution >= 0.6 is 0 Å². The van der Waals surface area contributed by atoms with Crippen molar-refractivity contribution >= 4 is 21.6 Å². The fourth-order valence-electron chi connectivity index (χ4n) is 4.05. The van der Waals surface area contributed by atoms with Crippen LogP contribution in [0.15, 0.2) is 60.0 Å². The summed E-state index contributed by atoms with van der Waals surface area (Å²) in [5.74, 6) is -0.000194. The number of benzene rings is 2. The van der Waals surface area contributed by atoms with Crippen LogP contribution in [0.25, 0.3) is 0 Å². The minimum absolute atomic E-state index is 0.000194. The first-order valence-corrected chi connectivity index (χ1v) is 11.6. The average Bonchev–Trinajstić information content (AvgIpc) is 3.54. The molecule has 5 nitrogen and oxygen atoms in total. The number of sulfonamides is 1. The zero-order valence-electron chi connectivity index (χ0n) is 16.4. The molecule has 4 rings (SSSR count). The molecule has 0 radical (unpaired) electrons. The standard InChI is InChI=1S/C23H26N2O3S/c1-2-15-24-22(26)23(13-14-23)19-8-10-20(11-9-19)25-29(27,28)21-12-7-17-5-3-4-6-18(17)16-21/h2,7-12,16,25H,1,3-6,13-15H2,(H,24,26). The summed E-state index contributed by atoms with van der Waals surface area (Å²) in [6.45, 7) is 4.07. The van der Waals surface area contributed by atoms with Gasteiger partial charge in [-0.15, -0.1) is 6.58 Å². The Hall–Kier alpha value is -2.60. The van der Waals surface area contributed by atoms with Crippen molar-refractivity contribution in [1.29, 1.82) is 0 Å². The van der Waals surface area contributed by atoms with Crippen LogP contribution in [0.3, 0.4) is 0 Å². The van der Waals surface area contributed by atoms with Crippen molar-refractivity contribution in [2.75, 3.05) is 11.3 Å². The summed E-state index contributed by atoms with van der Waals surface area (Å²) in [4.78, 5) is 12.7. The first-order chi connectivity index (χ1) is 13.9. The van der Waals surface area contributed by atoms with Gasteiger partial charge in [0, 0.05) is 12.2 Å². The minimum atomic E-state index is -3.65. The second kappa shape index (κ2) is 7.67. The van der Waals surface area contributed by atoms with E-state index < -0.39 is 15.4 Å². The van der Waals surface area contributed by atoms with Crippen LogP contribution in [0.5, 0.6) is 0 Å². The van der Waals surface area contributed by atoms with Crippen molar-refractivity contribution in [3.05, 3.63) is 71.8 Å². The van der Waals surface area contributed by atoms with Crippen molar-refractivity contribution in [3.63, 3.8) is 0 Å². The molecule has 0 heterocycles. The number of hydrogen-bond acceptors (Lipinski definition) is 3. The van der Waals surface area contributed by atoms with Gasteiger partial charge in [-0.3, -0.25) is 9.52 Å². The number of hydrogen-bond donors (Lipinski definition) is 2. The maximum Gasteiger partial charge on any atom is 0.261 e. The highest BCUT2D eigenvalue weighted by Crippen LogP contribution is 2.48. The van der Waals surface area contributed by atoms with Crippen LogP contribution in [0.4, 0.5) is 5.69 Å². The molecule has 29 heavy (non-hydrogen) atoms. The predicted molar refractivity (Wildman–Crippen MR) is 114 cm³/mol. The average molecular weight is 411 g/mol. The van der Waals surface area contributed by atoms with Gasteiger partial charge in [0.15, 0.2) is 0 Å². The molecular weight excluding hydrogens is 384 g/mol. The van der Waals surface area contributed by atoms with Crippen LogP contribution < -0.4 is 10.0 Å². The van der Waals surface area contributed by atoms with E-state index in [-0.39, 0.29) is 5.91 Å². The lowest BCUT2D eigenvalue weighted by atomic mass is 9.92. The fourth-order valence-corrected chi connectivity index (χ4v) is 5.16. The van der Waals surface area contributed by atoms with Crippen molar-refractivity contribution in [3.8, 4) is 0 Å². The Balaban J connectivity index is 1.50. The molecule has 1 fully saturated rings. The van der Waals surface area contributed by atoms with E-state index in [2.05, 4.69) is 16.6 Å². The van der Waals surface area contributed by atoms with E-state index in [0.29, 0.717) is 17.1 Å². The van der Waals surface area contributed by atoms with Gasteiger partial charge in [-0.05, 0) is 79.5 Å². The molecule has 2 aliphatic carbocycles.